The molecule has 0 unspecified atom stereocenters. The van der Waals surface area contributed by atoms with E-state index in [2.05, 4.69) is 30.3 Å². The maximum Gasteiger partial charge on any atom is 0.161 e. The minimum absolute atomic E-state index is 0.148. The van der Waals surface area contributed by atoms with Crippen molar-refractivity contribution in [3.05, 3.63) is 23.8 Å². The van der Waals surface area contributed by atoms with Crippen molar-refractivity contribution in [3.63, 3.8) is 0 Å². The Balaban J connectivity index is 2.31. The lowest BCUT2D eigenvalue weighted by Gasteiger charge is -2.13. The van der Waals surface area contributed by atoms with E-state index < -0.39 is 0 Å². The molecule has 0 N–H and O–H groups in total. The summed E-state index contributed by atoms with van der Waals surface area (Å²) in [4.78, 5) is 4.38. The lowest BCUT2D eigenvalue weighted by Crippen LogP contribution is -2.08. The quantitative estimate of drug-likeness (QED) is 0.732. The van der Waals surface area contributed by atoms with Crippen LogP contribution >= 0.6 is 0 Å². The summed E-state index contributed by atoms with van der Waals surface area (Å²) >= 11 is 0. The Kier molecular flexibility index (Phi) is 3.36. The van der Waals surface area contributed by atoms with Gasteiger partial charge in [0.25, 0.3) is 0 Å². The molecule has 0 aliphatic heterocycles. The second kappa shape index (κ2) is 4.78. The second-order valence-electron chi connectivity index (χ2n) is 4.35. The van der Waals surface area contributed by atoms with Crippen molar-refractivity contribution >= 4 is 6.21 Å². The molecule has 1 aromatic carbocycles. The largest absolute Gasteiger partial charge is 0.493 e. The summed E-state index contributed by atoms with van der Waals surface area (Å²) in [5, 5.41) is 0. The zero-order valence-corrected chi connectivity index (χ0v) is 10.7. The highest BCUT2D eigenvalue weighted by molar-refractivity contribution is 5.78. The molecular formula is C14H19NO2. The van der Waals surface area contributed by atoms with Gasteiger partial charge in [-0.3, -0.25) is 4.99 Å². The van der Waals surface area contributed by atoms with Crippen LogP contribution in [0.25, 0.3) is 0 Å². The fourth-order valence-corrected chi connectivity index (χ4v) is 2.04. The minimum atomic E-state index is 0.148. The summed E-state index contributed by atoms with van der Waals surface area (Å²) < 4.78 is 10.6. The Morgan fingerprint density at radius 1 is 1.24 bits per heavy atom. The molecule has 0 atom stereocenters. The molecular weight excluding hydrogens is 214 g/mol. The molecule has 92 valence electrons. The molecule has 0 aromatic heterocycles. The van der Waals surface area contributed by atoms with Gasteiger partial charge in [0.2, 0.25) is 0 Å². The first kappa shape index (κ1) is 12.0. The van der Waals surface area contributed by atoms with Gasteiger partial charge in [0.05, 0.1) is 14.2 Å². The normalized spacial score (nSPS) is 17.1. The standard InChI is InChI=1S/C14H19NO2/c1-4-15-10-14(7-8-14)11-5-6-12(16-2)13(9-11)17-3/h5-6,9-10H,4,7-8H2,1-3H3. The number of ether oxygens (including phenoxy) is 2. The third-order valence-electron chi connectivity index (χ3n) is 3.27. The minimum Gasteiger partial charge on any atom is -0.493 e. The predicted octanol–water partition coefficient (Wildman–Crippen LogP) is 2.83. The van der Waals surface area contributed by atoms with Gasteiger partial charge in [-0.05, 0) is 37.5 Å². The van der Waals surface area contributed by atoms with E-state index >= 15 is 0 Å². The van der Waals surface area contributed by atoms with Gasteiger partial charge < -0.3 is 9.47 Å². The molecule has 17 heavy (non-hydrogen) atoms. The zero-order valence-electron chi connectivity index (χ0n) is 10.7. The van der Waals surface area contributed by atoms with Crippen LogP contribution in [0.3, 0.4) is 0 Å². The predicted molar refractivity (Wildman–Crippen MR) is 69.5 cm³/mol. The highest BCUT2D eigenvalue weighted by Gasteiger charge is 2.43. The highest BCUT2D eigenvalue weighted by atomic mass is 16.5. The van der Waals surface area contributed by atoms with Crippen LogP contribution in [-0.2, 0) is 5.41 Å². The van der Waals surface area contributed by atoms with E-state index in [0.29, 0.717) is 0 Å². The molecule has 1 fully saturated rings. The average Bonchev–Trinajstić information content (AvgIpc) is 3.16. The van der Waals surface area contributed by atoms with E-state index in [1.165, 1.54) is 18.4 Å². The van der Waals surface area contributed by atoms with Gasteiger partial charge in [0.15, 0.2) is 11.5 Å². The fraction of sp³-hybridized carbons (Fsp3) is 0.500. The smallest absolute Gasteiger partial charge is 0.161 e. The van der Waals surface area contributed by atoms with E-state index in [0.717, 1.165) is 18.0 Å². The van der Waals surface area contributed by atoms with Crippen molar-refractivity contribution in [2.75, 3.05) is 20.8 Å². The van der Waals surface area contributed by atoms with Crippen LogP contribution in [-0.4, -0.2) is 27.0 Å². The van der Waals surface area contributed by atoms with Crippen LogP contribution < -0.4 is 9.47 Å². The fourth-order valence-electron chi connectivity index (χ4n) is 2.04. The second-order valence-corrected chi connectivity index (χ2v) is 4.35. The molecule has 0 radical (unpaired) electrons. The number of nitrogens with zero attached hydrogens (tertiary/aromatic N) is 1. The van der Waals surface area contributed by atoms with E-state index in [4.69, 9.17) is 9.47 Å². The first-order valence-corrected chi connectivity index (χ1v) is 5.99. The van der Waals surface area contributed by atoms with Gasteiger partial charge in [-0.15, -0.1) is 0 Å². The molecule has 2 rings (SSSR count). The highest BCUT2D eigenvalue weighted by Crippen LogP contribution is 2.48. The molecule has 0 amide bonds. The molecule has 1 aromatic rings. The van der Waals surface area contributed by atoms with Crippen LogP contribution in [0.5, 0.6) is 11.5 Å². The number of hydrogen-bond acceptors (Lipinski definition) is 3. The van der Waals surface area contributed by atoms with Crippen molar-refractivity contribution in [1.82, 2.24) is 0 Å². The van der Waals surface area contributed by atoms with Crippen molar-refractivity contribution in [3.8, 4) is 11.5 Å². The van der Waals surface area contributed by atoms with Gasteiger partial charge in [0.1, 0.15) is 0 Å². The number of hydrogen-bond donors (Lipinski definition) is 0. The summed E-state index contributed by atoms with van der Waals surface area (Å²) in [7, 11) is 3.32. The summed E-state index contributed by atoms with van der Waals surface area (Å²) in [6.07, 6.45) is 4.44. The van der Waals surface area contributed by atoms with Crippen molar-refractivity contribution in [2.24, 2.45) is 4.99 Å². The molecule has 0 heterocycles. The molecule has 3 heteroatoms. The van der Waals surface area contributed by atoms with Crippen LogP contribution in [0.1, 0.15) is 25.3 Å². The van der Waals surface area contributed by atoms with Gasteiger partial charge in [-0.1, -0.05) is 6.07 Å². The van der Waals surface area contributed by atoms with E-state index in [-0.39, 0.29) is 5.41 Å². The van der Waals surface area contributed by atoms with Crippen molar-refractivity contribution < 1.29 is 9.47 Å². The molecule has 0 spiro atoms. The van der Waals surface area contributed by atoms with E-state index in [1.807, 2.05) is 6.07 Å². The lowest BCUT2D eigenvalue weighted by atomic mass is 9.97. The Bertz CT molecular complexity index is 422. The van der Waals surface area contributed by atoms with Crippen molar-refractivity contribution in [1.29, 1.82) is 0 Å². The molecule has 3 nitrogen and oxygen atoms in total. The number of methoxy groups -OCH3 is 2. The first-order valence-electron chi connectivity index (χ1n) is 5.99. The molecule has 1 aliphatic carbocycles. The van der Waals surface area contributed by atoms with Crippen LogP contribution in [0.15, 0.2) is 23.2 Å². The third-order valence-corrected chi connectivity index (χ3v) is 3.27. The molecule has 0 bridgehead atoms. The molecule has 1 aliphatic rings. The maximum atomic E-state index is 5.33. The number of benzene rings is 1. The number of rotatable bonds is 5. The Hall–Kier alpha value is -1.51. The Labute approximate surface area is 102 Å². The van der Waals surface area contributed by atoms with Gasteiger partial charge in [0, 0.05) is 18.2 Å². The van der Waals surface area contributed by atoms with Crippen LogP contribution in [0.4, 0.5) is 0 Å². The third kappa shape index (κ3) is 2.28. The Morgan fingerprint density at radius 2 is 1.94 bits per heavy atom. The van der Waals surface area contributed by atoms with Gasteiger partial charge >= 0.3 is 0 Å². The molecule has 0 saturated heterocycles. The first-order chi connectivity index (χ1) is 8.25. The van der Waals surface area contributed by atoms with Crippen LogP contribution in [0.2, 0.25) is 0 Å². The van der Waals surface area contributed by atoms with Crippen LogP contribution in [0, 0.1) is 0 Å². The Morgan fingerprint density at radius 3 is 2.47 bits per heavy atom. The zero-order chi connectivity index (χ0) is 12.3. The average molecular weight is 233 g/mol. The monoisotopic (exact) mass is 233 g/mol. The van der Waals surface area contributed by atoms with E-state index in [9.17, 15) is 0 Å². The van der Waals surface area contributed by atoms with Gasteiger partial charge in [-0.2, -0.15) is 0 Å². The van der Waals surface area contributed by atoms with Crippen molar-refractivity contribution in [2.45, 2.75) is 25.2 Å². The summed E-state index contributed by atoms with van der Waals surface area (Å²) in [5.41, 5.74) is 1.42. The van der Waals surface area contributed by atoms with Gasteiger partial charge in [-0.25, -0.2) is 0 Å². The molecule has 1 saturated carbocycles. The summed E-state index contributed by atoms with van der Waals surface area (Å²) in [5.74, 6) is 1.57. The summed E-state index contributed by atoms with van der Waals surface area (Å²) in [6.45, 7) is 2.90. The lowest BCUT2D eigenvalue weighted by molar-refractivity contribution is 0.354. The van der Waals surface area contributed by atoms with E-state index in [1.54, 1.807) is 14.2 Å². The summed E-state index contributed by atoms with van der Waals surface area (Å²) in [6, 6.07) is 6.14. The maximum absolute atomic E-state index is 5.33. The number of aliphatic imine (C=N–C) groups is 1. The SMILES string of the molecule is CCN=CC1(c2ccc(OC)c(OC)c2)CC1. The topological polar surface area (TPSA) is 30.8 Å².